The summed E-state index contributed by atoms with van der Waals surface area (Å²) in [6.45, 7) is 23.5. The summed E-state index contributed by atoms with van der Waals surface area (Å²) in [6.07, 6.45) is 0. The van der Waals surface area contributed by atoms with Crippen LogP contribution in [-0.2, 0) is 39.0 Å². The Balaban J connectivity index is 0.000000682. The number of hydrogen-bond acceptors (Lipinski definition) is 4. The van der Waals surface area contributed by atoms with Gasteiger partial charge >= 0.3 is 29.3 Å². The Morgan fingerprint density at radius 1 is 0.541 bits per heavy atom. The molecule has 0 saturated carbocycles. The number of benzene rings is 2. The van der Waals surface area contributed by atoms with E-state index >= 15 is 0 Å². The molecule has 2 aromatic carbocycles. The zero-order chi connectivity index (χ0) is 28.6. The molecular weight excluding hydrogens is 508 g/mol. The van der Waals surface area contributed by atoms with E-state index in [9.17, 15) is 19.8 Å². The van der Waals surface area contributed by atoms with E-state index in [0.29, 0.717) is 11.1 Å². The fourth-order valence-electron chi connectivity index (χ4n) is 3.56. The summed E-state index contributed by atoms with van der Waals surface area (Å²) >= 11 is 0. The molecule has 0 spiro atoms. The van der Waals surface area contributed by atoms with Gasteiger partial charge < -0.3 is 20.4 Å². The normalized spacial score (nSPS) is 12.2. The molecule has 7 heteroatoms. The van der Waals surface area contributed by atoms with E-state index in [4.69, 9.17) is 10.2 Å². The minimum absolute atomic E-state index is 0. The molecule has 0 atom stereocenters. The molecule has 0 aliphatic carbocycles. The summed E-state index contributed by atoms with van der Waals surface area (Å²) in [5, 5.41) is 42.6. The maximum atomic E-state index is 12.2. The zero-order valence-electron chi connectivity index (χ0n) is 24.2. The first-order valence-electron chi connectivity index (χ1n) is 12.1. The fourth-order valence-corrected chi connectivity index (χ4v) is 3.56. The molecule has 6 nitrogen and oxygen atoms in total. The van der Waals surface area contributed by atoms with Crippen LogP contribution in [0.5, 0.6) is 11.5 Å². The van der Waals surface area contributed by atoms with Crippen LogP contribution >= 0.6 is 0 Å². The van der Waals surface area contributed by atoms with Crippen LogP contribution in [0.25, 0.3) is 0 Å². The van der Waals surface area contributed by atoms with Crippen molar-refractivity contribution in [1.82, 2.24) is 0 Å². The summed E-state index contributed by atoms with van der Waals surface area (Å²) in [6, 6.07) is 6.68. The molecular formula is C30H42CrO6. The fraction of sp³-hybridized carbons (Fsp3) is 0.533. The molecule has 0 bridgehead atoms. The van der Waals surface area contributed by atoms with Gasteiger partial charge in [0, 0.05) is 0 Å². The van der Waals surface area contributed by atoms with Crippen molar-refractivity contribution in [3.63, 3.8) is 0 Å². The largest absolute Gasteiger partial charge is 2.00 e. The number of aromatic carboxylic acids is 2. The van der Waals surface area contributed by atoms with Crippen LogP contribution in [0.15, 0.2) is 24.3 Å². The molecule has 0 aliphatic heterocycles. The summed E-state index contributed by atoms with van der Waals surface area (Å²) in [5.74, 6) is -3.06. The van der Waals surface area contributed by atoms with Crippen LogP contribution in [0.2, 0.25) is 0 Å². The van der Waals surface area contributed by atoms with Crippen molar-refractivity contribution in [3.8, 4) is 11.5 Å². The van der Waals surface area contributed by atoms with Gasteiger partial charge in [-0.1, -0.05) is 107 Å². The number of hydrogen-bond donors (Lipinski definition) is 2. The quantitative estimate of drug-likeness (QED) is 0.466. The number of carboxylic acids is 2. The predicted molar refractivity (Wildman–Crippen MR) is 140 cm³/mol. The second-order valence-electron chi connectivity index (χ2n) is 13.4. The van der Waals surface area contributed by atoms with E-state index < -0.39 is 11.9 Å². The van der Waals surface area contributed by atoms with Gasteiger partial charge in [0.2, 0.25) is 0 Å². The van der Waals surface area contributed by atoms with Crippen molar-refractivity contribution >= 4 is 11.9 Å². The summed E-state index contributed by atoms with van der Waals surface area (Å²) in [5.41, 5.74) is 1.54. The van der Waals surface area contributed by atoms with Gasteiger partial charge in [-0.25, -0.2) is 9.59 Å². The Labute approximate surface area is 232 Å². The molecule has 0 heterocycles. The van der Waals surface area contributed by atoms with Crippen LogP contribution in [0.1, 0.15) is 126 Å². The van der Waals surface area contributed by atoms with Gasteiger partial charge in [-0.05, 0) is 56.0 Å². The third-order valence-corrected chi connectivity index (χ3v) is 5.99. The average molecular weight is 551 g/mol. The average Bonchev–Trinajstić information content (AvgIpc) is 2.64. The standard InChI is InChI=1S/2C15H22O3.Cr/c2*1-14(2,3)9-7-10(13(17)18)12(16)11(8-9)15(4,5)6;/h2*7-8,16H,1-6H3,(H,17,18);/q;;+2/p-2. The van der Waals surface area contributed by atoms with Gasteiger partial charge in [0.05, 0.1) is 11.1 Å². The van der Waals surface area contributed by atoms with Crippen LogP contribution in [0.4, 0.5) is 0 Å². The van der Waals surface area contributed by atoms with Crippen molar-refractivity contribution in [2.24, 2.45) is 0 Å². The third kappa shape index (κ3) is 8.80. The van der Waals surface area contributed by atoms with Crippen molar-refractivity contribution in [3.05, 3.63) is 57.6 Å². The van der Waals surface area contributed by atoms with Gasteiger partial charge in [0.15, 0.2) is 0 Å². The van der Waals surface area contributed by atoms with E-state index in [1.165, 1.54) is 12.1 Å². The number of carboxylic acid groups (broad SMARTS) is 2. The molecule has 2 aromatic rings. The van der Waals surface area contributed by atoms with Crippen molar-refractivity contribution < 1.29 is 47.4 Å². The molecule has 37 heavy (non-hydrogen) atoms. The second-order valence-corrected chi connectivity index (χ2v) is 13.4. The van der Waals surface area contributed by atoms with E-state index in [1.54, 1.807) is 0 Å². The molecule has 2 N–H and O–H groups in total. The monoisotopic (exact) mass is 550 g/mol. The van der Waals surface area contributed by atoms with Crippen molar-refractivity contribution in [2.75, 3.05) is 0 Å². The zero-order valence-corrected chi connectivity index (χ0v) is 25.5. The molecule has 0 unspecified atom stereocenters. The van der Waals surface area contributed by atoms with Gasteiger partial charge in [-0.15, -0.1) is 0 Å². The first kappa shape index (κ1) is 34.5. The molecule has 0 fully saturated rings. The van der Waals surface area contributed by atoms with Gasteiger partial charge in [-0.3, -0.25) is 0 Å². The first-order chi connectivity index (χ1) is 15.9. The molecule has 0 aromatic heterocycles. The summed E-state index contributed by atoms with van der Waals surface area (Å²) in [4.78, 5) is 22.4. The topological polar surface area (TPSA) is 121 Å². The Morgan fingerprint density at radius 2 is 0.784 bits per heavy atom. The van der Waals surface area contributed by atoms with Crippen LogP contribution in [0.3, 0.4) is 0 Å². The summed E-state index contributed by atoms with van der Waals surface area (Å²) < 4.78 is 0. The Kier molecular flexibility index (Phi) is 10.7. The van der Waals surface area contributed by atoms with Crippen LogP contribution < -0.4 is 10.2 Å². The Bertz CT molecular complexity index is 1050. The SMILES string of the molecule is CC(C)(C)c1cc(C(=O)O)c([O-])c(C(C)(C)C)c1.CC(C)(C)c1cc(C(=O)O)c([O-])c(C(C)(C)C)c1.[Cr+2]. The first-order valence-corrected chi connectivity index (χ1v) is 12.1. The van der Waals surface area contributed by atoms with E-state index in [-0.39, 0.29) is 61.6 Å². The predicted octanol–water partition coefficient (Wildman–Crippen LogP) is 6.10. The maximum absolute atomic E-state index is 12.2. The smallest absolute Gasteiger partial charge is 0.872 e. The minimum Gasteiger partial charge on any atom is -0.872 e. The minimum atomic E-state index is -1.16. The van der Waals surface area contributed by atoms with Crippen LogP contribution in [-0.4, -0.2) is 22.2 Å². The van der Waals surface area contributed by atoms with Gasteiger partial charge in [0.1, 0.15) is 0 Å². The Morgan fingerprint density at radius 3 is 0.946 bits per heavy atom. The molecule has 0 amide bonds. The molecule has 0 saturated heterocycles. The van der Waals surface area contributed by atoms with Crippen molar-refractivity contribution in [1.29, 1.82) is 0 Å². The molecule has 0 radical (unpaired) electrons. The number of carbonyl (C=O) groups is 2. The van der Waals surface area contributed by atoms with E-state index in [1.807, 2.05) is 95.2 Å². The molecule has 0 aliphatic rings. The molecule has 2 rings (SSSR count). The van der Waals surface area contributed by atoms with Gasteiger partial charge in [-0.2, -0.15) is 0 Å². The molecule has 204 valence electrons. The maximum Gasteiger partial charge on any atom is 2.00 e. The van der Waals surface area contributed by atoms with E-state index in [0.717, 1.165) is 11.1 Å². The number of rotatable bonds is 2. The Hall–Kier alpha value is -2.49. The second kappa shape index (κ2) is 11.5. The van der Waals surface area contributed by atoms with Gasteiger partial charge in [0.25, 0.3) is 0 Å². The van der Waals surface area contributed by atoms with Crippen molar-refractivity contribution in [2.45, 2.75) is 105 Å². The van der Waals surface area contributed by atoms with Crippen LogP contribution in [0, 0.1) is 0 Å². The van der Waals surface area contributed by atoms with E-state index in [2.05, 4.69) is 0 Å². The summed E-state index contributed by atoms with van der Waals surface area (Å²) in [7, 11) is 0. The third-order valence-electron chi connectivity index (χ3n) is 5.99.